The average molecular weight is 279 g/mol. The third-order valence-electron chi connectivity index (χ3n) is 3.37. The first-order valence-electron chi connectivity index (χ1n) is 5.83. The fraction of sp³-hybridized carbons (Fsp3) is 0.385. The topological polar surface area (TPSA) is 27.8 Å². The van der Waals surface area contributed by atoms with Crippen LogP contribution < -0.4 is 5.32 Å². The van der Waals surface area contributed by atoms with Gasteiger partial charge in [0.05, 0.1) is 0 Å². The van der Waals surface area contributed by atoms with Gasteiger partial charge < -0.3 is 10.3 Å². The summed E-state index contributed by atoms with van der Waals surface area (Å²) in [6.45, 7) is 2.25. The van der Waals surface area contributed by atoms with Crippen LogP contribution >= 0.6 is 15.9 Å². The Morgan fingerprint density at radius 2 is 2.12 bits per heavy atom. The molecule has 1 aromatic carbocycles. The van der Waals surface area contributed by atoms with Crippen LogP contribution in [-0.2, 0) is 0 Å². The number of para-hydroxylation sites is 1. The van der Waals surface area contributed by atoms with Crippen molar-refractivity contribution in [2.24, 2.45) is 0 Å². The van der Waals surface area contributed by atoms with Crippen LogP contribution in [0.25, 0.3) is 10.9 Å². The molecule has 84 valence electrons. The quantitative estimate of drug-likeness (QED) is 0.822. The molecule has 2 N–H and O–H groups in total. The average Bonchev–Trinajstić information content (AvgIpc) is 2.69. The van der Waals surface area contributed by atoms with Crippen molar-refractivity contribution in [1.29, 1.82) is 0 Å². The van der Waals surface area contributed by atoms with E-state index in [0.29, 0.717) is 5.92 Å². The molecule has 1 fully saturated rings. The zero-order valence-corrected chi connectivity index (χ0v) is 10.7. The van der Waals surface area contributed by atoms with Gasteiger partial charge in [0.1, 0.15) is 0 Å². The van der Waals surface area contributed by atoms with E-state index < -0.39 is 0 Å². The third-order valence-corrected chi connectivity index (χ3v) is 4.23. The molecule has 3 heteroatoms. The minimum absolute atomic E-state index is 0.621. The van der Waals surface area contributed by atoms with Crippen molar-refractivity contribution in [3.8, 4) is 0 Å². The Hall–Kier alpha value is -0.800. The molecule has 0 amide bonds. The lowest BCUT2D eigenvalue weighted by Crippen LogP contribution is -2.28. The van der Waals surface area contributed by atoms with Crippen molar-refractivity contribution in [2.45, 2.75) is 18.8 Å². The Morgan fingerprint density at radius 1 is 1.25 bits per heavy atom. The van der Waals surface area contributed by atoms with Gasteiger partial charge in [0, 0.05) is 33.5 Å². The van der Waals surface area contributed by atoms with E-state index in [-0.39, 0.29) is 0 Å². The van der Waals surface area contributed by atoms with Crippen molar-refractivity contribution < 1.29 is 0 Å². The molecule has 16 heavy (non-hydrogen) atoms. The van der Waals surface area contributed by atoms with Crippen LogP contribution in [0.4, 0.5) is 0 Å². The third kappa shape index (κ3) is 1.68. The Labute approximate surface area is 104 Å². The van der Waals surface area contributed by atoms with Gasteiger partial charge >= 0.3 is 0 Å². The van der Waals surface area contributed by atoms with Crippen LogP contribution in [0.3, 0.4) is 0 Å². The van der Waals surface area contributed by atoms with Gasteiger partial charge in [-0.25, -0.2) is 0 Å². The van der Waals surface area contributed by atoms with Crippen LogP contribution in [0.15, 0.2) is 28.7 Å². The number of fused-ring (bicyclic) bond motifs is 1. The van der Waals surface area contributed by atoms with E-state index in [1.54, 1.807) is 0 Å². The fourth-order valence-electron chi connectivity index (χ4n) is 2.51. The Bertz CT molecular complexity index is 498. The second-order valence-corrected chi connectivity index (χ2v) is 5.23. The van der Waals surface area contributed by atoms with E-state index in [1.165, 1.54) is 33.9 Å². The van der Waals surface area contributed by atoms with Crippen LogP contribution in [0.5, 0.6) is 0 Å². The maximum absolute atomic E-state index is 3.73. The van der Waals surface area contributed by atoms with Gasteiger partial charge in [-0.3, -0.25) is 0 Å². The van der Waals surface area contributed by atoms with E-state index >= 15 is 0 Å². The molecular weight excluding hydrogens is 264 g/mol. The molecule has 2 aromatic rings. The molecule has 1 saturated heterocycles. The second kappa shape index (κ2) is 4.22. The number of halogens is 1. The van der Waals surface area contributed by atoms with E-state index in [2.05, 4.69) is 50.5 Å². The molecule has 2 nitrogen and oxygen atoms in total. The Balaban J connectivity index is 2.05. The number of rotatable bonds is 1. The molecule has 3 rings (SSSR count). The van der Waals surface area contributed by atoms with E-state index in [1.807, 2.05) is 0 Å². The standard InChI is InChI=1S/C13H15BrN2/c14-12-10-5-1-2-6-11(10)16-13(12)9-4-3-7-15-8-9/h1-2,5-6,9,15-16H,3-4,7-8H2. The van der Waals surface area contributed by atoms with Gasteiger partial charge in [0.25, 0.3) is 0 Å². The number of benzene rings is 1. The summed E-state index contributed by atoms with van der Waals surface area (Å²) in [4.78, 5) is 3.55. The number of nitrogens with one attached hydrogen (secondary N) is 2. The molecule has 1 aromatic heterocycles. The lowest BCUT2D eigenvalue weighted by Gasteiger charge is -2.22. The molecule has 0 bridgehead atoms. The summed E-state index contributed by atoms with van der Waals surface area (Å²) in [6, 6.07) is 8.47. The predicted molar refractivity (Wildman–Crippen MR) is 70.8 cm³/mol. The van der Waals surface area contributed by atoms with Gasteiger partial charge in [0.2, 0.25) is 0 Å². The van der Waals surface area contributed by atoms with Gasteiger partial charge in [-0.15, -0.1) is 0 Å². The number of piperidine rings is 1. The SMILES string of the molecule is Brc1c(C2CCCNC2)[nH]c2ccccc12. The maximum Gasteiger partial charge on any atom is 0.0467 e. The zero-order chi connectivity index (χ0) is 11.0. The summed E-state index contributed by atoms with van der Waals surface area (Å²) in [5, 5.41) is 4.76. The Kier molecular flexibility index (Phi) is 2.74. The first kappa shape index (κ1) is 10.4. The highest BCUT2D eigenvalue weighted by Gasteiger charge is 2.20. The van der Waals surface area contributed by atoms with E-state index in [0.717, 1.165) is 13.1 Å². The van der Waals surface area contributed by atoms with Crippen molar-refractivity contribution in [3.05, 3.63) is 34.4 Å². The highest BCUT2D eigenvalue weighted by atomic mass is 79.9. The molecule has 2 heterocycles. The molecule has 1 aliphatic heterocycles. The predicted octanol–water partition coefficient (Wildman–Crippen LogP) is 3.40. The molecule has 0 radical (unpaired) electrons. The van der Waals surface area contributed by atoms with Crippen molar-refractivity contribution in [2.75, 3.05) is 13.1 Å². The lowest BCUT2D eigenvalue weighted by molar-refractivity contribution is 0.455. The number of hydrogen-bond donors (Lipinski definition) is 2. The highest BCUT2D eigenvalue weighted by Crippen LogP contribution is 2.34. The first-order chi connectivity index (χ1) is 7.86. The highest BCUT2D eigenvalue weighted by molar-refractivity contribution is 9.10. The fourth-order valence-corrected chi connectivity index (χ4v) is 3.28. The van der Waals surface area contributed by atoms with Crippen LogP contribution in [0.2, 0.25) is 0 Å². The lowest BCUT2D eigenvalue weighted by atomic mass is 9.96. The molecule has 1 atom stereocenters. The van der Waals surface area contributed by atoms with Crippen LogP contribution in [0, 0.1) is 0 Å². The normalized spacial score (nSPS) is 21.4. The van der Waals surface area contributed by atoms with Crippen LogP contribution in [0.1, 0.15) is 24.5 Å². The number of hydrogen-bond acceptors (Lipinski definition) is 1. The largest absolute Gasteiger partial charge is 0.357 e. The minimum Gasteiger partial charge on any atom is -0.357 e. The number of aromatic nitrogens is 1. The van der Waals surface area contributed by atoms with Gasteiger partial charge in [-0.05, 0) is 41.4 Å². The molecule has 0 aliphatic carbocycles. The van der Waals surface area contributed by atoms with Crippen molar-refractivity contribution in [3.63, 3.8) is 0 Å². The first-order valence-corrected chi connectivity index (χ1v) is 6.62. The summed E-state index contributed by atoms with van der Waals surface area (Å²) in [5.41, 5.74) is 2.59. The maximum atomic E-state index is 3.73. The monoisotopic (exact) mass is 278 g/mol. The number of aromatic amines is 1. The van der Waals surface area contributed by atoms with E-state index in [9.17, 15) is 0 Å². The van der Waals surface area contributed by atoms with Crippen LogP contribution in [-0.4, -0.2) is 18.1 Å². The van der Waals surface area contributed by atoms with Gasteiger partial charge in [-0.1, -0.05) is 18.2 Å². The van der Waals surface area contributed by atoms with Crippen molar-refractivity contribution >= 4 is 26.8 Å². The zero-order valence-electron chi connectivity index (χ0n) is 9.09. The van der Waals surface area contributed by atoms with Gasteiger partial charge in [-0.2, -0.15) is 0 Å². The summed E-state index contributed by atoms with van der Waals surface area (Å²) in [6.07, 6.45) is 2.55. The summed E-state index contributed by atoms with van der Waals surface area (Å²) >= 11 is 3.73. The number of H-pyrrole nitrogens is 1. The second-order valence-electron chi connectivity index (χ2n) is 4.44. The van der Waals surface area contributed by atoms with Crippen molar-refractivity contribution in [1.82, 2.24) is 10.3 Å². The summed E-state index contributed by atoms with van der Waals surface area (Å²) in [7, 11) is 0. The summed E-state index contributed by atoms with van der Waals surface area (Å²) < 4.78 is 1.25. The molecule has 1 unspecified atom stereocenters. The smallest absolute Gasteiger partial charge is 0.0467 e. The van der Waals surface area contributed by atoms with E-state index in [4.69, 9.17) is 0 Å². The van der Waals surface area contributed by atoms with Gasteiger partial charge in [0.15, 0.2) is 0 Å². The molecule has 0 saturated carbocycles. The Morgan fingerprint density at radius 3 is 2.88 bits per heavy atom. The molecule has 1 aliphatic rings. The molecular formula is C13H15BrN2. The molecule has 0 spiro atoms. The minimum atomic E-state index is 0.621. The summed E-state index contributed by atoms with van der Waals surface area (Å²) in [5.74, 6) is 0.621.